The SMILES string of the molecule is Brc1cc2c(ccc3ccccc32)cc1-c1ccccc1. The summed E-state index contributed by atoms with van der Waals surface area (Å²) < 4.78 is 1.14. The summed E-state index contributed by atoms with van der Waals surface area (Å²) in [7, 11) is 0. The Morgan fingerprint density at radius 1 is 0.571 bits per heavy atom. The van der Waals surface area contributed by atoms with Crippen LogP contribution in [-0.4, -0.2) is 0 Å². The predicted molar refractivity (Wildman–Crippen MR) is 94.6 cm³/mol. The van der Waals surface area contributed by atoms with Crippen molar-refractivity contribution in [1.82, 2.24) is 0 Å². The molecule has 1 heteroatoms. The standard InChI is InChI=1S/C20H13Br/c21-20-13-18-16(11-10-15-8-4-5-9-17(15)18)12-19(20)14-6-2-1-3-7-14/h1-13H. The smallest absolute Gasteiger partial charge is 0.0260 e. The molecule has 100 valence electrons. The van der Waals surface area contributed by atoms with Gasteiger partial charge in [-0.15, -0.1) is 0 Å². The van der Waals surface area contributed by atoms with E-state index in [1.165, 1.54) is 32.7 Å². The van der Waals surface area contributed by atoms with Gasteiger partial charge >= 0.3 is 0 Å². The molecular weight excluding hydrogens is 320 g/mol. The van der Waals surface area contributed by atoms with Crippen LogP contribution < -0.4 is 0 Å². The quantitative estimate of drug-likeness (QED) is 0.352. The Kier molecular flexibility index (Phi) is 3.01. The fourth-order valence-electron chi connectivity index (χ4n) is 2.87. The first-order valence-electron chi connectivity index (χ1n) is 6.99. The number of hydrogen-bond acceptors (Lipinski definition) is 0. The van der Waals surface area contributed by atoms with E-state index in [1.807, 2.05) is 6.07 Å². The summed E-state index contributed by atoms with van der Waals surface area (Å²) in [6.07, 6.45) is 0. The summed E-state index contributed by atoms with van der Waals surface area (Å²) in [6, 6.07) is 27.9. The number of hydrogen-bond donors (Lipinski definition) is 0. The first-order valence-corrected chi connectivity index (χ1v) is 7.79. The normalized spacial score (nSPS) is 11.1. The highest BCUT2D eigenvalue weighted by atomic mass is 79.9. The van der Waals surface area contributed by atoms with E-state index < -0.39 is 0 Å². The van der Waals surface area contributed by atoms with Crippen LogP contribution in [0.25, 0.3) is 32.7 Å². The summed E-state index contributed by atoms with van der Waals surface area (Å²) in [5.74, 6) is 0. The van der Waals surface area contributed by atoms with Crippen LogP contribution in [0.1, 0.15) is 0 Å². The molecule has 4 aromatic rings. The van der Waals surface area contributed by atoms with Gasteiger partial charge in [0.2, 0.25) is 0 Å². The Hall–Kier alpha value is -2.12. The molecule has 0 unspecified atom stereocenters. The largest absolute Gasteiger partial charge is 0.0622 e. The lowest BCUT2D eigenvalue weighted by molar-refractivity contribution is 1.62. The van der Waals surface area contributed by atoms with Crippen molar-refractivity contribution >= 4 is 37.5 Å². The summed E-state index contributed by atoms with van der Waals surface area (Å²) >= 11 is 3.74. The Morgan fingerprint density at radius 2 is 1.29 bits per heavy atom. The van der Waals surface area contributed by atoms with Crippen LogP contribution in [0.5, 0.6) is 0 Å². The minimum absolute atomic E-state index is 1.14. The maximum atomic E-state index is 3.74. The van der Waals surface area contributed by atoms with Crippen LogP contribution in [-0.2, 0) is 0 Å². The molecule has 0 bridgehead atoms. The fourth-order valence-corrected chi connectivity index (χ4v) is 3.44. The molecule has 0 nitrogen and oxygen atoms in total. The maximum absolute atomic E-state index is 3.74. The van der Waals surface area contributed by atoms with Crippen molar-refractivity contribution in [3.63, 3.8) is 0 Å². The second-order valence-electron chi connectivity index (χ2n) is 5.21. The number of fused-ring (bicyclic) bond motifs is 3. The van der Waals surface area contributed by atoms with Crippen LogP contribution in [0.4, 0.5) is 0 Å². The van der Waals surface area contributed by atoms with Gasteiger partial charge in [-0.3, -0.25) is 0 Å². The van der Waals surface area contributed by atoms with Crippen molar-refractivity contribution in [2.45, 2.75) is 0 Å². The molecular formula is C20H13Br. The van der Waals surface area contributed by atoms with Crippen molar-refractivity contribution in [3.05, 3.63) is 83.3 Å². The second-order valence-corrected chi connectivity index (χ2v) is 6.06. The van der Waals surface area contributed by atoms with E-state index in [2.05, 4.69) is 88.7 Å². The molecule has 0 amide bonds. The third-order valence-electron chi connectivity index (χ3n) is 3.92. The molecule has 0 aliphatic carbocycles. The van der Waals surface area contributed by atoms with E-state index in [1.54, 1.807) is 0 Å². The minimum atomic E-state index is 1.14. The van der Waals surface area contributed by atoms with Crippen LogP contribution >= 0.6 is 15.9 Å². The highest BCUT2D eigenvalue weighted by molar-refractivity contribution is 9.10. The Balaban J connectivity index is 2.05. The van der Waals surface area contributed by atoms with Gasteiger partial charge in [0.1, 0.15) is 0 Å². The van der Waals surface area contributed by atoms with Crippen molar-refractivity contribution < 1.29 is 0 Å². The fraction of sp³-hybridized carbons (Fsp3) is 0. The van der Waals surface area contributed by atoms with Gasteiger partial charge in [-0.25, -0.2) is 0 Å². The predicted octanol–water partition coefficient (Wildman–Crippen LogP) is 6.42. The maximum Gasteiger partial charge on any atom is 0.0260 e. The average molecular weight is 333 g/mol. The second kappa shape index (κ2) is 5.01. The van der Waals surface area contributed by atoms with Crippen LogP contribution in [0.3, 0.4) is 0 Å². The van der Waals surface area contributed by atoms with Crippen LogP contribution in [0, 0.1) is 0 Å². The Bertz CT molecular complexity index is 940. The summed E-state index contributed by atoms with van der Waals surface area (Å²) in [4.78, 5) is 0. The zero-order valence-electron chi connectivity index (χ0n) is 11.4. The van der Waals surface area contributed by atoms with Crippen molar-refractivity contribution in [2.24, 2.45) is 0 Å². The molecule has 0 saturated heterocycles. The summed E-state index contributed by atoms with van der Waals surface area (Å²) in [6.45, 7) is 0. The van der Waals surface area contributed by atoms with Gasteiger partial charge in [0, 0.05) is 4.47 Å². The van der Waals surface area contributed by atoms with E-state index in [0.717, 1.165) is 4.47 Å². The molecule has 0 radical (unpaired) electrons. The molecule has 0 fully saturated rings. The number of rotatable bonds is 1. The summed E-state index contributed by atoms with van der Waals surface area (Å²) in [5, 5.41) is 5.15. The van der Waals surface area contributed by atoms with E-state index in [-0.39, 0.29) is 0 Å². The lowest BCUT2D eigenvalue weighted by atomic mass is 9.97. The molecule has 0 heterocycles. The number of benzene rings is 4. The Morgan fingerprint density at radius 3 is 2.14 bits per heavy atom. The number of halogens is 1. The third-order valence-corrected chi connectivity index (χ3v) is 4.57. The van der Waals surface area contributed by atoms with Gasteiger partial charge in [0.15, 0.2) is 0 Å². The molecule has 0 aromatic heterocycles. The van der Waals surface area contributed by atoms with Crippen molar-refractivity contribution in [1.29, 1.82) is 0 Å². The topological polar surface area (TPSA) is 0 Å². The Labute approximate surface area is 132 Å². The van der Waals surface area contributed by atoms with Gasteiger partial charge in [-0.05, 0) is 44.8 Å². The first-order chi connectivity index (χ1) is 10.3. The van der Waals surface area contributed by atoms with E-state index in [0.29, 0.717) is 0 Å². The molecule has 0 aliphatic rings. The zero-order valence-corrected chi connectivity index (χ0v) is 13.0. The molecule has 4 rings (SSSR count). The van der Waals surface area contributed by atoms with Gasteiger partial charge in [-0.2, -0.15) is 0 Å². The monoisotopic (exact) mass is 332 g/mol. The molecule has 0 aliphatic heterocycles. The minimum Gasteiger partial charge on any atom is -0.0622 e. The molecule has 0 spiro atoms. The van der Waals surface area contributed by atoms with Gasteiger partial charge < -0.3 is 0 Å². The lowest BCUT2D eigenvalue weighted by Crippen LogP contribution is -1.83. The lowest BCUT2D eigenvalue weighted by Gasteiger charge is -2.09. The molecule has 21 heavy (non-hydrogen) atoms. The molecule has 4 aromatic carbocycles. The average Bonchev–Trinajstić information content (AvgIpc) is 2.55. The molecule has 0 saturated carbocycles. The van der Waals surface area contributed by atoms with Crippen molar-refractivity contribution in [2.75, 3.05) is 0 Å². The van der Waals surface area contributed by atoms with Crippen molar-refractivity contribution in [3.8, 4) is 11.1 Å². The summed E-state index contributed by atoms with van der Waals surface area (Å²) in [5.41, 5.74) is 2.47. The third kappa shape index (κ3) is 2.14. The van der Waals surface area contributed by atoms with Gasteiger partial charge in [-0.1, -0.05) is 82.7 Å². The van der Waals surface area contributed by atoms with Gasteiger partial charge in [0.25, 0.3) is 0 Å². The van der Waals surface area contributed by atoms with E-state index in [9.17, 15) is 0 Å². The molecule has 0 atom stereocenters. The van der Waals surface area contributed by atoms with Crippen LogP contribution in [0.15, 0.2) is 83.3 Å². The highest BCUT2D eigenvalue weighted by Crippen LogP contribution is 2.35. The van der Waals surface area contributed by atoms with Gasteiger partial charge in [0.05, 0.1) is 0 Å². The van der Waals surface area contributed by atoms with Crippen LogP contribution in [0.2, 0.25) is 0 Å². The molecule has 0 N–H and O–H groups in total. The van der Waals surface area contributed by atoms with E-state index >= 15 is 0 Å². The zero-order chi connectivity index (χ0) is 14.2. The first kappa shape index (κ1) is 12.6. The highest BCUT2D eigenvalue weighted by Gasteiger charge is 2.07. The van der Waals surface area contributed by atoms with E-state index in [4.69, 9.17) is 0 Å².